The van der Waals surface area contributed by atoms with Crippen molar-refractivity contribution >= 4 is 28.9 Å². The van der Waals surface area contributed by atoms with Gasteiger partial charge >= 0.3 is 0 Å². The van der Waals surface area contributed by atoms with Crippen molar-refractivity contribution in [2.24, 2.45) is 0 Å². The largest absolute Gasteiger partial charge is 0.324 e. The molecule has 0 aliphatic carbocycles. The lowest BCUT2D eigenvalue weighted by molar-refractivity contribution is -0.384. The number of aryl methyl sites for hydroxylation is 1. The molecule has 0 spiro atoms. The van der Waals surface area contributed by atoms with Crippen molar-refractivity contribution in [3.05, 3.63) is 51.3 Å². The number of rotatable bonds is 5. The van der Waals surface area contributed by atoms with Crippen LogP contribution in [0, 0.1) is 17.0 Å². The van der Waals surface area contributed by atoms with E-state index in [1.807, 2.05) is 6.92 Å². The molecule has 22 heavy (non-hydrogen) atoms. The van der Waals surface area contributed by atoms with E-state index in [2.05, 4.69) is 10.4 Å². The molecule has 8 heteroatoms. The predicted octanol–water partition coefficient (Wildman–Crippen LogP) is 3.34. The Morgan fingerprint density at radius 3 is 2.77 bits per heavy atom. The van der Waals surface area contributed by atoms with Gasteiger partial charge in [0.05, 0.1) is 16.1 Å². The summed E-state index contributed by atoms with van der Waals surface area (Å²) in [4.78, 5) is 22.6. The summed E-state index contributed by atoms with van der Waals surface area (Å²) in [7, 11) is 0. The van der Waals surface area contributed by atoms with E-state index in [1.54, 1.807) is 13.1 Å². The highest BCUT2D eigenvalue weighted by molar-refractivity contribution is 6.30. The molecule has 1 heterocycles. The highest BCUT2D eigenvalue weighted by atomic mass is 35.5. The number of aromatic nitrogens is 2. The van der Waals surface area contributed by atoms with Gasteiger partial charge in [-0.2, -0.15) is 5.10 Å². The predicted molar refractivity (Wildman–Crippen MR) is 83.0 cm³/mol. The van der Waals surface area contributed by atoms with Crippen molar-refractivity contribution in [3.63, 3.8) is 0 Å². The summed E-state index contributed by atoms with van der Waals surface area (Å²) >= 11 is 5.82. The first-order valence-corrected chi connectivity index (χ1v) is 7.05. The number of hydrogen-bond donors (Lipinski definition) is 1. The summed E-state index contributed by atoms with van der Waals surface area (Å²) in [6, 6.07) is 3.80. The second-order valence-corrected chi connectivity index (χ2v) is 5.24. The summed E-state index contributed by atoms with van der Waals surface area (Å²) in [5.41, 5.74) is 1.14. The van der Waals surface area contributed by atoms with Gasteiger partial charge in [0.25, 0.3) is 5.69 Å². The summed E-state index contributed by atoms with van der Waals surface area (Å²) in [5.74, 6) is -0.251. The van der Waals surface area contributed by atoms with Crippen LogP contribution >= 0.6 is 11.6 Å². The van der Waals surface area contributed by atoms with Crippen LogP contribution < -0.4 is 5.32 Å². The fraction of sp³-hybridized carbons (Fsp3) is 0.286. The molecule has 1 aromatic carbocycles. The third-order valence-corrected chi connectivity index (χ3v) is 3.45. The van der Waals surface area contributed by atoms with Crippen LogP contribution in [0.15, 0.2) is 30.6 Å². The van der Waals surface area contributed by atoms with Crippen molar-refractivity contribution in [2.75, 3.05) is 5.32 Å². The number of non-ortho nitro benzene ring substituents is 1. The van der Waals surface area contributed by atoms with E-state index in [-0.39, 0.29) is 11.6 Å². The molecule has 0 bridgehead atoms. The van der Waals surface area contributed by atoms with Crippen LogP contribution in [0.2, 0.25) is 5.02 Å². The topological polar surface area (TPSA) is 90.1 Å². The molecule has 1 N–H and O–H groups in total. The van der Waals surface area contributed by atoms with Crippen molar-refractivity contribution in [1.82, 2.24) is 9.78 Å². The number of nitro groups is 1. The van der Waals surface area contributed by atoms with Gasteiger partial charge in [-0.3, -0.25) is 19.6 Å². The normalized spacial score (nSPS) is 12.0. The van der Waals surface area contributed by atoms with E-state index < -0.39 is 11.0 Å². The molecule has 0 radical (unpaired) electrons. The van der Waals surface area contributed by atoms with Crippen LogP contribution in [0.25, 0.3) is 0 Å². The maximum absolute atomic E-state index is 12.4. The van der Waals surface area contributed by atoms with Gasteiger partial charge in [-0.1, -0.05) is 18.5 Å². The van der Waals surface area contributed by atoms with Crippen molar-refractivity contribution < 1.29 is 9.72 Å². The van der Waals surface area contributed by atoms with Gasteiger partial charge in [-0.25, -0.2) is 0 Å². The molecular formula is C14H15ClN4O3. The maximum Gasteiger partial charge on any atom is 0.269 e. The number of carbonyl (C=O) groups is 1. The first-order valence-electron chi connectivity index (χ1n) is 6.68. The van der Waals surface area contributed by atoms with Crippen LogP contribution in [0.4, 0.5) is 11.4 Å². The van der Waals surface area contributed by atoms with Crippen molar-refractivity contribution in [3.8, 4) is 0 Å². The smallest absolute Gasteiger partial charge is 0.269 e. The molecule has 0 saturated heterocycles. The second kappa shape index (κ2) is 6.57. The molecule has 0 saturated carbocycles. The van der Waals surface area contributed by atoms with Crippen LogP contribution in [0.1, 0.15) is 24.9 Å². The Hall–Kier alpha value is -2.41. The quantitative estimate of drug-likeness (QED) is 0.675. The number of carbonyl (C=O) groups excluding carboxylic acids is 1. The molecule has 0 aliphatic rings. The molecule has 0 fully saturated rings. The summed E-state index contributed by atoms with van der Waals surface area (Å²) in [6.07, 6.45) is 3.59. The maximum atomic E-state index is 12.4. The number of halogens is 1. The van der Waals surface area contributed by atoms with Crippen molar-refractivity contribution in [2.45, 2.75) is 26.3 Å². The number of hydrogen-bond acceptors (Lipinski definition) is 4. The van der Waals surface area contributed by atoms with E-state index in [0.717, 1.165) is 0 Å². The summed E-state index contributed by atoms with van der Waals surface area (Å²) in [6.45, 7) is 3.57. The van der Waals surface area contributed by atoms with Crippen LogP contribution in [0.5, 0.6) is 0 Å². The van der Waals surface area contributed by atoms with E-state index in [0.29, 0.717) is 22.7 Å². The van der Waals surface area contributed by atoms with E-state index in [9.17, 15) is 14.9 Å². The second-order valence-electron chi connectivity index (χ2n) is 4.81. The number of nitrogens with zero attached hydrogens (tertiary/aromatic N) is 3. The van der Waals surface area contributed by atoms with Crippen LogP contribution in [-0.2, 0) is 4.79 Å². The van der Waals surface area contributed by atoms with Gasteiger partial charge in [0.1, 0.15) is 6.04 Å². The lowest BCUT2D eigenvalue weighted by Gasteiger charge is -2.16. The molecule has 116 valence electrons. The SMILES string of the molecule is CCC(C(=O)Nc1ccc([N+](=O)[O-])cc1C)n1cc(Cl)cn1. The molecule has 1 unspecified atom stereocenters. The lowest BCUT2D eigenvalue weighted by Crippen LogP contribution is -2.26. The molecule has 7 nitrogen and oxygen atoms in total. The fourth-order valence-corrected chi connectivity index (χ4v) is 2.24. The molecule has 1 amide bonds. The monoisotopic (exact) mass is 322 g/mol. The molecule has 1 atom stereocenters. The Balaban J connectivity index is 2.18. The molecular weight excluding hydrogens is 308 g/mol. The first-order chi connectivity index (χ1) is 10.4. The third-order valence-electron chi connectivity index (χ3n) is 3.26. The number of benzene rings is 1. The molecule has 1 aromatic heterocycles. The first kappa shape index (κ1) is 16.0. The average Bonchev–Trinajstić information content (AvgIpc) is 2.88. The van der Waals surface area contributed by atoms with Gasteiger partial charge in [-0.15, -0.1) is 0 Å². The minimum atomic E-state index is -0.498. The van der Waals surface area contributed by atoms with Crippen LogP contribution in [0.3, 0.4) is 0 Å². The number of amides is 1. The van der Waals surface area contributed by atoms with E-state index in [1.165, 1.54) is 29.1 Å². The Morgan fingerprint density at radius 2 is 2.27 bits per heavy atom. The number of nitro benzene ring substituents is 1. The minimum absolute atomic E-state index is 0.0126. The van der Waals surface area contributed by atoms with Gasteiger partial charge in [0.2, 0.25) is 5.91 Å². The molecule has 2 aromatic rings. The van der Waals surface area contributed by atoms with Gasteiger partial charge < -0.3 is 5.32 Å². The third kappa shape index (κ3) is 3.43. The number of nitrogens with one attached hydrogen (secondary N) is 1. The Kier molecular flexibility index (Phi) is 4.77. The lowest BCUT2D eigenvalue weighted by atomic mass is 10.1. The number of anilines is 1. The summed E-state index contributed by atoms with van der Waals surface area (Å²) in [5, 5.41) is 18.0. The van der Waals surface area contributed by atoms with E-state index >= 15 is 0 Å². The zero-order valence-electron chi connectivity index (χ0n) is 12.1. The Labute approximate surface area is 132 Å². The fourth-order valence-electron chi connectivity index (χ4n) is 2.10. The average molecular weight is 323 g/mol. The Morgan fingerprint density at radius 1 is 1.55 bits per heavy atom. The van der Waals surface area contributed by atoms with Crippen molar-refractivity contribution in [1.29, 1.82) is 0 Å². The standard InChI is InChI=1S/C14H15ClN4O3/c1-3-13(18-8-10(15)7-16-18)14(20)17-12-5-4-11(19(21)22)6-9(12)2/h4-8,13H,3H2,1-2H3,(H,17,20). The van der Waals surface area contributed by atoms with Gasteiger partial charge in [0.15, 0.2) is 0 Å². The van der Waals surface area contributed by atoms with Gasteiger partial charge in [0, 0.05) is 24.0 Å². The van der Waals surface area contributed by atoms with Crippen LogP contribution in [-0.4, -0.2) is 20.6 Å². The van der Waals surface area contributed by atoms with Gasteiger partial charge in [-0.05, 0) is 25.0 Å². The molecule has 0 aliphatic heterocycles. The Bertz CT molecular complexity index is 714. The van der Waals surface area contributed by atoms with E-state index in [4.69, 9.17) is 11.6 Å². The highest BCUT2D eigenvalue weighted by Crippen LogP contribution is 2.23. The summed E-state index contributed by atoms with van der Waals surface area (Å²) < 4.78 is 1.50. The zero-order valence-corrected chi connectivity index (χ0v) is 12.9. The zero-order chi connectivity index (χ0) is 16.3. The minimum Gasteiger partial charge on any atom is -0.324 e. The highest BCUT2D eigenvalue weighted by Gasteiger charge is 2.20. The molecule has 2 rings (SSSR count).